The Hall–Kier alpha value is -3.16. The van der Waals surface area contributed by atoms with Crippen LogP contribution in [0.5, 0.6) is 5.75 Å². The van der Waals surface area contributed by atoms with E-state index in [2.05, 4.69) is 26.8 Å². The summed E-state index contributed by atoms with van der Waals surface area (Å²) in [5.41, 5.74) is -0.000194. The average molecular weight is 422 g/mol. The highest BCUT2D eigenvalue weighted by molar-refractivity contribution is 5.95. The molecular formula is C23H27N5O3. The van der Waals surface area contributed by atoms with E-state index in [1.54, 1.807) is 15.7 Å². The predicted octanol–water partition coefficient (Wildman–Crippen LogP) is 2.67. The molecule has 3 aromatic heterocycles. The van der Waals surface area contributed by atoms with Gasteiger partial charge in [-0.25, -0.2) is 4.98 Å². The molecule has 4 heterocycles. The predicted molar refractivity (Wildman–Crippen MR) is 116 cm³/mol. The molecule has 1 saturated carbocycles. The summed E-state index contributed by atoms with van der Waals surface area (Å²) in [6.45, 7) is 4.91. The number of hydrogen-bond donors (Lipinski definition) is 1. The minimum absolute atomic E-state index is 0.00847. The molecule has 1 fully saturated rings. The molecule has 0 atom stereocenters. The molecule has 0 unspecified atom stereocenters. The van der Waals surface area contributed by atoms with Crippen molar-refractivity contribution in [1.82, 2.24) is 24.0 Å². The molecule has 2 aliphatic rings. The molecule has 8 nitrogen and oxygen atoms in total. The largest absolute Gasteiger partial charge is 0.501 e. The quantitative estimate of drug-likeness (QED) is 0.699. The van der Waals surface area contributed by atoms with Crippen molar-refractivity contribution in [2.24, 2.45) is 0 Å². The maximum Gasteiger partial charge on any atom is 0.315 e. The Labute approximate surface area is 180 Å². The summed E-state index contributed by atoms with van der Waals surface area (Å²) in [6.07, 6.45) is 8.46. The van der Waals surface area contributed by atoms with Crippen LogP contribution >= 0.6 is 0 Å². The first-order valence-corrected chi connectivity index (χ1v) is 11.0. The molecule has 162 valence electrons. The fourth-order valence-electron chi connectivity index (χ4n) is 5.30. The Kier molecular flexibility index (Phi) is 4.60. The third-order valence-corrected chi connectivity index (χ3v) is 6.87. The Morgan fingerprint density at radius 2 is 1.94 bits per heavy atom. The van der Waals surface area contributed by atoms with E-state index in [1.807, 2.05) is 26.0 Å². The van der Waals surface area contributed by atoms with Gasteiger partial charge in [0.2, 0.25) is 5.75 Å². The lowest BCUT2D eigenvalue weighted by atomic mass is 9.91. The number of aromatic hydroxyl groups is 1. The Bertz CT molecular complexity index is 1220. The first-order chi connectivity index (χ1) is 14.9. The topological polar surface area (TPSA) is 93.2 Å². The molecule has 31 heavy (non-hydrogen) atoms. The second-order valence-electron chi connectivity index (χ2n) is 8.98. The molecule has 1 amide bonds. The highest BCUT2D eigenvalue weighted by atomic mass is 16.3. The Morgan fingerprint density at radius 3 is 2.68 bits per heavy atom. The molecule has 8 heteroatoms. The molecule has 0 spiro atoms. The number of amides is 1. The lowest BCUT2D eigenvalue weighted by Crippen LogP contribution is -2.47. The third kappa shape index (κ3) is 3.04. The lowest BCUT2D eigenvalue weighted by Gasteiger charge is -2.36. The summed E-state index contributed by atoms with van der Waals surface area (Å²) < 4.78 is 3.99. The van der Waals surface area contributed by atoms with Gasteiger partial charge in [-0.05, 0) is 44.9 Å². The Balaban J connectivity index is 1.63. The van der Waals surface area contributed by atoms with Crippen LogP contribution in [-0.2, 0) is 18.5 Å². The number of pyridine rings is 1. The van der Waals surface area contributed by atoms with Crippen LogP contribution in [0.15, 0.2) is 35.4 Å². The van der Waals surface area contributed by atoms with Gasteiger partial charge in [0, 0.05) is 43.3 Å². The normalized spacial score (nSPS) is 18.2. The van der Waals surface area contributed by atoms with Crippen LogP contribution in [0.25, 0.3) is 11.0 Å². The van der Waals surface area contributed by atoms with Crippen molar-refractivity contribution >= 4 is 16.9 Å². The van der Waals surface area contributed by atoms with Crippen LogP contribution in [0.1, 0.15) is 55.8 Å². The highest BCUT2D eigenvalue weighted by Crippen LogP contribution is 2.41. The Morgan fingerprint density at radius 1 is 1.16 bits per heavy atom. The fourth-order valence-corrected chi connectivity index (χ4v) is 5.30. The number of carbonyl (C=O) groups is 1. The standard InChI is InChI=1S/C23H27N5O3/c1-15(2)26-12-13-27-17(25-21(30)19(29)18(27)22(26)31)14-23(8-3-4-9-23)28-11-7-16-6-5-10-24-20(16)28/h5-7,10-11,15,29H,3-4,8-9,12-14H2,1-2H3. The van der Waals surface area contributed by atoms with E-state index in [1.165, 1.54) is 0 Å². The summed E-state index contributed by atoms with van der Waals surface area (Å²) >= 11 is 0. The molecule has 3 aromatic rings. The van der Waals surface area contributed by atoms with E-state index in [9.17, 15) is 14.7 Å². The zero-order valence-corrected chi connectivity index (χ0v) is 17.9. The van der Waals surface area contributed by atoms with Crippen LogP contribution in [0.2, 0.25) is 0 Å². The van der Waals surface area contributed by atoms with Gasteiger partial charge in [0.1, 0.15) is 11.5 Å². The van der Waals surface area contributed by atoms with Gasteiger partial charge in [-0.3, -0.25) is 9.59 Å². The first-order valence-electron chi connectivity index (χ1n) is 11.0. The third-order valence-electron chi connectivity index (χ3n) is 6.87. The van der Waals surface area contributed by atoms with Gasteiger partial charge in [-0.2, -0.15) is 4.98 Å². The number of aromatic nitrogens is 4. The van der Waals surface area contributed by atoms with Gasteiger partial charge in [0.05, 0.1) is 5.54 Å². The van der Waals surface area contributed by atoms with Gasteiger partial charge in [-0.1, -0.05) is 12.8 Å². The summed E-state index contributed by atoms with van der Waals surface area (Å²) in [6, 6.07) is 6.03. The van der Waals surface area contributed by atoms with E-state index in [4.69, 9.17) is 0 Å². The highest BCUT2D eigenvalue weighted by Gasteiger charge is 2.40. The van der Waals surface area contributed by atoms with Crippen molar-refractivity contribution < 1.29 is 9.90 Å². The van der Waals surface area contributed by atoms with E-state index < -0.39 is 11.3 Å². The summed E-state index contributed by atoms with van der Waals surface area (Å²) in [4.78, 5) is 36.1. The van der Waals surface area contributed by atoms with Gasteiger partial charge in [0.25, 0.3) is 5.91 Å². The lowest BCUT2D eigenvalue weighted by molar-refractivity contribution is 0.0635. The van der Waals surface area contributed by atoms with Gasteiger partial charge in [0.15, 0.2) is 5.69 Å². The van der Waals surface area contributed by atoms with Crippen LogP contribution in [0.3, 0.4) is 0 Å². The molecule has 0 aromatic carbocycles. The van der Waals surface area contributed by atoms with Gasteiger partial charge >= 0.3 is 5.56 Å². The minimum atomic E-state index is -0.733. The molecule has 1 N–H and O–H groups in total. The second-order valence-corrected chi connectivity index (χ2v) is 8.98. The van der Waals surface area contributed by atoms with Crippen molar-refractivity contribution in [3.05, 3.63) is 52.5 Å². The summed E-state index contributed by atoms with van der Waals surface area (Å²) in [5, 5.41) is 11.5. The van der Waals surface area contributed by atoms with Crippen molar-refractivity contribution in [2.75, 3.05) is 6.54 Å². The minimum Gasteiger partial charge on any atom is -0.501 e. The van der Waals surface area contributed by atoms with Crippen molar-refractivity contribution in [2.45, 2.75) is 64.1 Å². The van der Waals surface area contributed by atoms with Gasteiger partial charge < -0.3 is 19.1 Å². The molecular weight excluding hydrogens is 394 g/mol. The zero-order valence-electron chi connectivity index (χ0n) is 17.9. The van der Waals surface area contributed by atoms with Crippen molar-refractivity contribution in [1.29, 1.82) is 0 Å². The zero-order chi connectivity index (χ0) is 21.8. The van der Waals surface area contributed by atoms with Crippen LogP contribution in [0, 0.1) is 0 Å². The van der Waals surface area contributed by atoms with Crippen molar-refractivity contribution in [3.63, 3.8) is 0 Å². The molecule has 5 rings (SSSR count). The van der Waals surface area contributed by atoms with Crippen molar-refractivity contribution in [3.8, 4) is 5.75 Å². The summed E-state index contributed by atoms with van der Waals surface area (Å²) in [7, 11) is 0. The maximum atomic E-state index is 13.1. The molecule has 0 saturated heterocycles. The number of hydrogen-bond acceptors (Lipinski definition) is 5. The van der Waals surface area contributed by atoms with E-state index in [-0.39, 0.29) is 23.2 Å². The monoisotopic (exact) mass is 421 g/mol. The average Bonchev–Trinajstić information content (AvgIpc) is 3.39. The second kappa shape index (κ2) is 7.21. The summed E-state index contributed by atoms with van der Waals surface area (Å²) in [5.74, 6) is -0.296. The molecule has 1 aliphatic carbocycles. The maximum absolute atomic E-state index is 13.1. The fraction of sp³-hybridized carbons (Fsp3) is 0.478. The number of nitrogens with zero attached hydrogens (tertiary/aromatic N) is 5. The molecule has 0 radical (unpaired) electrons. The smallest absolute Gasteiger partial charge is 0.315 e. The molecule has 0 bridgehead atoms. The van der Waals surface area contributed by atoms with Crippen LogP contribution < -0.4 is 5.56 Å². The van der Waals surface area contributed by atoms with E-state index in [0.29, 0.717) is 25.3 Å². The molecule has 1 aliphatic heterocycles. The number of carbonyl (C=O) groups excluding carboxylic acids is 1. The van der Waals surface area contributed by atoms with Gasteiger partial charge in [-0.15, -0.1) is 0 Å². The van der Waals surface area contributed by atoms with E-state index >= 15 is 0 Å². The van der Waals surface area contributed by atoms with E-state index in [0.717, 1.165) is 36.7 Å². The number of fused-ring (bicyclic) bond motifs is 2. The van der Waals surface area contributed by atoms with Crippen LogP contribution in [0.4, 0.5) is 0 Å². The first kappa shape index (κ1) is 19.8. The number of rotatable bonds is 4. The van der Waals surface area contributed by atoms with Crippen LogP contribution in [-0.4, -0.2) is 47.6 Å². The SMILES string of the molecule is CC(C)N1CCn2c(CC3(n4ccc5cccnc54)CCCC3)nc(=O)c(O)c2C1=O.